The smallest absolute Gasteiger partial charge is 0.271 e. The lowest BCUT2D eigenvalue weighted by molar-refractivity contribution is -0.384. The first-order valence-corrected chi connectivity index (χ1v) is 6.98. The van der Waals surface area contributed by atoms with Gasteiger partial charge in [0.15, 0.2) is 0 Å². The Morgan fingerprint density at radius 1 is 1.25 bits per heavy atom. The molecule has 8 heteroatoms. The topological polar surface area (TPSA) is 107 Å². The van der Waals surface area contributed by atoms with Gasteiger partial charge in [-0.25, -0.2) is 4.98 Å². The Kier molecular flexibility index (Phi) is 3.78. The number of nitro groups is 1. The summed E-state index contributed by atoms with van der Waals surface area (Å²) in [4.78, 5) is 39.1. The lowest BCUT2D eigenvalue weighted by Gasteiger charge is -2.08. The van der Waals surface area contributed by atoms with Crippen LogP contribution in [0.1, 0.15) is 10.4 Å². The van der Waals surface area contributed by atoms with Crippen molar-refractivity contribution in [1.82, 2.24) is 9.55 Å². The Morgan fingerprint density at radius 2 is 2.04 bits per heavy atom. The van der Waals surface area contributed by atoms with E-state index in [0.717, 1.165) is 0 Å². The molecule has 0 unspecified atom stereocenters. The average Bonchev–Trinajstić information content (AvgIpc) is 2.58. The predicted molar refractivity (Wildman–Crippen MR) is 88.0 cm³/mol. The number of aryl methyl sites for hydroxylation is 1. The Morgan fingerprint density at radius 3 is 2.79 bits per heavy atom. The van der Waals surface area contributed by atoms with Crippen LogP contribution >= 0.6 is 0 Å². The van der Waals surface area contributed by atoms with Crippen molar-refractivity contribution in [1.29, 1.82) is 0 Å². The molecule has 0 saturated heterocycles. The van der Waals surface area contributed by atoms with E-state index >= 15 is 0 Å². The summed E-state index contributed by atoms with van der Waals surface area (Å²) in [6.45, 7) is 0. The summed E-state index contributed by atoms with van der Waals surface area (Å²) < 4.78 is 1.29. The largest absolute Gasteiger partial charge is 0.322 e. The SMILES string of the molecule is Cn1c(=O)c(C(=O)Nc2cccc([N+](=O)[O-])c2)cc2cccnc21. The zero-order valence-electron chi connectivity index (χ0n) is 12.6. The molecule has 8 nitrogen and oxygen atoms in total. The number of nitro benzene ring substituents is 1. The van der Waals surface area contributed by atoms with Gasteiger partial charge >= 0.3 is 0 Å². The number of rotatable bonds is 3. The molecule has 0 aliphatic carbocycles. The molecular weight excluding hydrogens is 312 g/mol. The molecule has 2 aromatic heterocycles. The minimum atomic E-state index is -0.637. The highest BCUT2D eigenvalue weighted by atomic mass is 16.6. The van der Waals surface area contributed by atoms with E-state index in [2.05, 4.69) is 10.3 Å². The second kappa shape index (κ2) is 5.92. The summed E-state index contributed by atoms with van der Waals surface area (Å²) in [5.74, 6) is -0.637. The molecule has 120 valence electrons. The van der Waals surface area contributed by atoms with Gasteiger partial charge in [0.25, 0.3) is 17.2 Å². The fourth-order valence-electron chi connectivity index (χ4n) is 2.35. The Balaban J connectivity index is 2.00. The predicted octanol–water partition coefficient (Wildman–Crippen LogP) is 2.09. The van der Waals surface area contributed by atoms with Crippen LogP contribution in [0.25, 0.3) is 11.0 Å². The quantitative estimate of drug-likeness (QED) is 0.586. The van der Waals surface area contributed by atoms with Crippen LogP contribution in [0.15, 0.2) is 53.5 Å². The van der Waals surface area contributed by atoms with Crippen molar-refractivity contribution < 1.29 is 9.72 Å². The fourth-order valence-corrected chi connectivity index (χ4v) is 2.35. The third kappa shape index (κ3) is 2.72. The van der Waals surface area contributed by atoms with E-state index in [-0.39, 0.29) is 16.9 Å². The number of carbonyl (C=O) groups is 1. The highest BCUT2D eigenvalue weighted by molar-refractivity contribution is 6.05. The maximum atomic E-state index is 12.4. The zero-order valence-corrected chi connectivity index (χ0v) is 12.6. The fraction of sp³-hybridized carbons (Fsp3) is 0.0625. The number of pyridine rings is 2. The van der Waals surface area contributed by atoms with E-state index < -0.39 is 16.4 Å². The lowest BCUT2D eigenvalue weighted by atomic mass is 10.2. The van der Waals surface area contributed by atoms with Crippen molar-refractivity contribution in [2.24, 2.45) is 7.05 Å². The average molecular weight is 324 g/mol. The van der Waals surface area contributed by atoms with Gasteiger partial charge in [0, 0.05) is 36.5 Å². The first-order valence-electron chi connectivity index (χ1n) is 6.98. The van der Waals surface area contributed by atoms with Gasteiger partial charge in [0.05, 0.1) is 4.92 Å². The summed E-state index contributed by atoms with van der Waals surface area (Å²) in [7, 11) is 1.53. The van der Waals surface area contributed by atoms with Gasteiger partial charge < -0.3 is 5.32 Å². The summed E-state index contributed by atoms with van der Waals surface area (Å²) in [5, 5.41) is 13.9. The van der Waals surface area contributed by atoms with E-state index in [1.165, 1.54) is 41.9 Å². The molecule has 1 amide bonds. The summed E-state index contributed by atoms with van der Waals surface area (Å²) in [6.07, 6.45) is 1.56. The number of hydrogen-bond acceptors (Lipinski definition) is 5. The molecule has 0 aliphatic rings. The van der Waals surface area contributed by atoms with Gasteiger partial charge in [-0.1, -0.05) is 6.07 Å². The molecule has 1 aromatic carbocycles. The third-order valence-corrected chi connectivity index (χ3v) is 3.53. The molecule has 0 aliphatic heterocycles. The Bertz CT molecular complexity index is 1030. The number of non-ortho nitro benzene ring substituents is 1. The van der Waals surface area contributed by atoms with Gasteiger partial charge in [0.2, 0.25) is 0 Å². The van der Waals surface area contributed by atoms with Crippen LogP contribution in [-0.2, 0) is 7.05 Å². The van der Waals surface area contributed by atoms with E-state index in [1.807, 2.05) is 0 Å². The molecular formula is C16H12N4O4. The Labute approximate surface area is 135 Å². The zero-order chi connectivity index (χ0) is 17.3. The maximum Gasteiger partial charge on any atom is 0.271 e. The summed E-state index contributed by atoms with van der Waals surface area (Å²) in [6, 6.07) is 10.4. The van der Waals surface area contributed by atoms with E-state index in [0.29, 0.717) is 11.0 Å². The minimum Gasteiger partial charge on any atom is -0.322 e. The van der Waals surface area contributed by atoms with Crippen molar-refractivity contribution in [3.8, 4) is 0 Å². The van der Waals surface area contributed by atoms with Crippen LogP contribution in [-0.4, -0.2) is 20.4 Å². The molecule has 0 fully saturated rings. The number of nitrogens with zero attached hydrogens (tertiary/aromatic N) is 3. The Hall–Kier alpha value is -3.55. The maximum absolute atomic E-state index is 12.4. The highest BCUT2D eigenvalue weighted by Crippen LogP contribution is 2.18. The third-order valence-electron chi connectivity index (χ3n) is 3.53. The monoisotopic (exact) mass is 324 g/mol. The summed E-state index contributed by atoms with van der Waals surface area (Å²) in [5.41, 5.74) is -0.00557. The number of hydrogen-bond donors (Lipinski definition) is 1. The molecule has 0 saturated carbocycles. The van der Waals surface area contributed by atoms with Crippen LogP contribution in [0.3, 0.4) is 0 Å². The molecule has 0 spiro atoms. The normalized spacial score (nSPS) is 10.5. The number of amides is 1. The lowest BCUT2D eigenvalue weighted by Crippen LogP contribution is -2.28. The molecule has 3 aromatic rings. The van der Waals surface area contributed by atoms with Crippen LogP contribution in [0.2, 0.25) is 0 Å². The van der Waals surface area contributed by atoms with Crippen LogP contribution < -0.4 is 10.9 Å². The molecule has 3 rings (SSSR count). The van der Waals surface area contributed by atoms with E-state index in [9.17, 15) is 19.7 Å². The number of fused-ring (bicyclic) bond motifs is 1. The molecule has 24 heavy (non-hydrogen) atoms. The number of carbonyl (C=O) groups excluding carboxylic acids is 1. The van der Waals surface area contributed by atoms with Gasteiger partial charge in [-0.3, -0.25) is 24.3 Å². The molecule has 0 radical (unpaired) electrons. The van der Waals surface area contributed by atoms with Gasteiger partial charge in [-0.2, -0.15) is 0 Å². The summed E-state index contributed by atoms with van der Waals surface area (Å²) >= 11 is 0. The molecule has 0 bridgehead atoms. The van der Waals surface area contributed by atoms with Crippen LogP contribution in [0.4, 0.5) is 11.4 Å². The van der Waals surface area contributed by atoms with Crippen molar-refractivity contribution in [2.75, 3.05) is 5.32 Å². The van der Waals surface area contributed by atoms with Gasteiger partial charge in [-0.15, -0.1) is 0 Å². The van der Waals surface area contributed by atoms with E-state index in [4.69, 9.17) is 0 Å². The number of anilines is 1. The van der Waals surface area contributed by atoms with Crippen molar-refractivity contribution in [2.45, 2.75) is 0 Å². The van der Waals surface area contributed by atoms with Gasteiger partial charge in [-0.05, 0) is 24.3 Å². The second-order valence-corrected chi connectivity index (χ2v) is 5.10. The number of benzene rings is 1. The molecule has 2 heterocycles. The standard InChI is InChI=1S/C16H12N4O4/c1-19-14-10(4-3-7-17-14)8-13(16(19)22)15(21)18-11-5-2-6-12(9-11)20(23)24/h2-9H,1H3,(H,18,21). The number of nitrogens with one attached hydrogen (secondary N) is 1. The van der Waals surface area contributed by atoms with E-state index in [1.54, 1.807) is 18.3 Å². The van der Waals surface area contributed by atoms with Crippen molar-refractivity contribution in [3.63, 3.8) is 0 Å². The van der Waals surface area contributed by atoms with Crippen molar-refractivity contribution >= 4 is 28.3 Å². The minimum absolute atomic E-state index is 0.0653. The second-order valence-electron chi connectivity index (χ2n) is 5.10. The molecule has 0 atom stereocenters. The van der Waals surface area contributed by atoms with Crippen molar-refractivity contribution in [3.05, 3.63) is 74.7 Å². The van der Waals surface area contributed by atoms with Gasteiger partial charge in [0.1, 0.15) is 11.2 Å². The van der Waals surface area contributed by atoms with Crippen LogP contribution in [0, 0.1) is 10.1 Å². The first kappa shape index (κ1) is 15.3. The first-order chi connectivity index (χ1) is 11.5. The number of aromatic nitrogens is 2. The molecule has 1 N–H and O–H groups in total. The van der Waals surface area contributed by atoms with Crippen LogP contribution in [0.5, 0.6) is 0 Å². The highest BCUT2D eigenvalue weighted by Gasteiger charge is 2.16.